The Bertz CT molecular complexity index is 605. The molecule has 0 bridgehead atoms. The van der Waals surface area contributed by atoms with E-state index in [1.165, 1.54) is 17.7 Å². The van der Waals surface area contributed by atoms with Crippen molar-refractivity contribution in [2.24, 2.45) is 5.92 Å². The van der Waals surface area contributed by atoms with Crippen molar-refractivity contribution in [2.45, 2.75) is 57.6 Å². The summed E-state index contributed by atoms with van der Waals surface area (Å²) in [6, 6.07) is 11.3. The molecule has 0 aromatic heterocycles. The summed E-state index contributed by atoms with van der Waals surface area (Å²) in [5, 5.41) is 20.5. The smallest absolute Gasteiger partial charge is 0.0871 e. The lowest BCUT2D eigenvalue weighted by Gasteiger charge is -2.52. The molecule has 1 aliphatic carbocycles. The third kappa shape index (κ3) is 3.54. The van der Waals surface area contributed by atoms with Gasteiger partial charge in [0.25, 0.3) is 0 Å². The molecule has 1 N–H and O–H groups in total. The SMILES string of the molecule is CCN(CC)c1ccc([C@@H]2[C@@H]3CCCC[C@@]3(O)CCN2CC#N)cc1. The zero-order valence-corrected chi connectivity index (χ0v) is 15.6. The van der Waals surface area contributed by atoms with Crippen LogP contribution in [0.1, 0.15) is 57.6 Å². The van der Waals surface area contributed by atoms with Crippen LogP contribution in [0.5, 0.6) is 0 Å². The van der Waals surface area contributed by atoms with E-state index in [0.29, 0.717) is 6.54 Å². The summed E-state index contributed by atoms with van der Waals surface area (Å²) in [7, 11) is 0. The molecule has 2 fully saturated rings. The number of rotatable bonds is 5. The fourth-order valence-electron chi connectivity index (χ4n) is 4.92. The normalized spacial score (nSPS) is 29.7. The number of anilines is 1. The van der Waals surface area contributed by atoms with Crippen LogP contribution in [0, 0.1) is 17.2 Å². The zero-order chi connectivity index (χ0) is 17.9. The van der Waals surface area contributed by atoms with Crippen molar-refractivity contribution in [1.29, 1.82) is 5.26 Å². The summed E-state index contributed by atoms with van der Waals surface area (Å²) in [6.45, 7) is 7.60. The second kappa shape index (κ2) is 7.76. The molecule has 1 aromatic rings. The number of likely N-dealkylation sites (tertiary alicyclic amines) is 1. The van der Waals surface area contributed by atoms with E-state index in [1.807, 2.05) is 0 Å². The topological polar surface area (TPSA) is 50.5 Å². The number of piperidine rings is 1. The molecule has 1 saturated heterocycles. The van der Waals surface area contributed by atoms with E-state index in [2.05, 4.69) is 54.0 Å². The van der Waals surface area contributed by atoms with Crippen LogP contribution < -0.4 is 4.90 Å². The highest BCUT2D eigenvalue weighted by Gasteiger charge is 2.48. The minimum Gasteiger partial charge on any atom is -0.389 e. The monoisotopic (exact) mass is 341 g/mol. The molecule has 2 aliphatic rings. The first-order valence-corrected chi connectivity index (χ1v) is 9.81. The molecule has 1 aromatic carbocycles. The third-order valence-corrected chi connectivity index (χ3v) is 6.31. The van der Waals surface area contributed by atoms with E-state index >= 15 is 0 Å². The molecule has 0 amide bonds. The summed E-state index contributed by atoms with van der Waals surface area (Å²) in [5.41, 5.74) is 1.94. The number of hydrogen-bond acceptors (Lipinski definition) is 4. The van der Waals surface area contributed by atoms with Gasteiger partial charge in [-0.1, -0.05) is 25.0 Å². The number of hydrogen-bond donors (Lipinski definition) is 1. The van der Waals surface area contributed by atoms with Crippen LogP contribution in [-0.2, 0) is 0 Å². The Morgan fingerprint density at radius 2 is 1.92 bits per heavy atom. The van der Waals surface area contributed by atoms with Gasteiger partial charge in [-0.2, -0.15) is 5.26 Å². The second-order valence-corrected chi connectivity index (χ2v) is 7.54. The summed E-state index contributed by atoms with van der Waals surface area (Å²) < 4.78 is 0. The second-order valence-electron chi connectivity index (χ2n) is 7.54. The Hall–Kier alpha value is -1.57. The first-order chi connectivity index (χ1) is 12.1. The zero-order valence-electron chi connectivity index (χ0n) is 15.6. The Labute approximate surface area is 152 Å². The maximum Gasteiger partial charge on any atom is 0.0871 e. The molecular weight excluding hydrogens is 310 g/mol. The van der Waals surface area contributed by atoms with Gasteiger partial charge in [0.1, 0.15) is 0 Å². The predicted molar refractivity (Wildman–Crippen MR) is 101 cm³/mol. The number of benzene rings is 1. The van der Waals surface area contributed by atoms with Crippen LogP contribution >= 0.6 is 0 Å². The van der Waals surface area contributed by atoms with E-state index in [9.17, 15) is 10.4 Å². The molecule has 0 unspecified atom stereocenters. The van der Waals surface area contributed by atoms with Gasteiger partial charge in [-0.05, 0) is 50.8 Å². The van der Waals surface area contributed by atoms with Gasteiger partial charge in [0.05, 0.1) is 18.2 Å². The fourth-order valence-corrected chi connectivity index (χ4v) is 4.92. The van der Waals surface area contributed by atoms with Crippen molar-refractivity contribution in [3.05, 3.63) is 29.8 Å². The number of fused-ring (bicyclic) bond motifs is 1. The first-order valence-electron chi connectivity index (χ1n) is 9.81. The Morgan fingerprint density at radius 1 is 1.20 bits per heavy atom. The van der Waals surface area contributed by atoms with Gasteiger partial charge in [0.2, 0.25) is 0 Å². The molecule has 3 rings (SSSR count). The van der Waals surface area contributed by atoms with Crippen molar-refractivity contribution in [1.82, 2.24) is 4.90 Å². The standard InChI is InChI=1S/C21H31N3O/c1-3-23(4-2)18-10-8-17(9-11-18)20-19-7-5-6-12-21(19,25)13-15-24(20)16-14-22/h8-11,19-20,25H,3-7,12-13,15-16H2,1-2H3/t19-,20+,21+/m0/s1. The van der Waals surface area contributed by atoms with Gasteiger partial charge in [0, 0.05) is 37.3 Å². The van der Waals surface area contributed by atoms with Crippen LogP contribution in [0.15, 0.2) is 24.3 Å². The lowest BCUT2D eigenvalue weighted by atomic mass is 9.66. The van der Waals surface area contributed by atoms with Crippen molar-refractivity contribution >= 4 is 5.69 Å². The average molecular weight is 341 g/mol. The molecule has 136 valence electrons. The van der Waals surface area contributed by atoms with Crippen molar-refractivity contribution in [3.63, 3.8) is 0 Å². The Kier molecular flexibility index (Phi) is 5.66. The van der Waals surface area contributed by atoms with E-state index in [-0.39, 0.29) is 12.0 Å². The van der Waals surface area contributed by atoms with Gasteiger partial charge in [-0.25, -0.2) is 0 Å². The van der Waals surface area contributed by atoms with Gasteiger partial charge >= 0.3 is 0 Å². The van der Waals surface area contributed by atoms with Gasteiger partial charge < -0.3 is 10.0 Å². The summed E-state index contributed by atoms with van der Waals surface area (Å²) in [5.74, 6) is 0.239. The molecule has 1 heterocycles. The summed E-state index contributed by atoms with van der Waals surface area (Å²) in [6.07, 6.45) is 5.07. The maximum absolute atomic E-state index is 11.2. The predicted octanol–water partition coefficient (Wildman–Crippen LogP) is 3.72. The third-order valence-electron chi connectivity index (χ3n) is 6.31. The van der Waals surface area contributed by atoms with Crippen molar-refractivity contribution in [2.75, 3.05) is 31.1 Å². The minimum atomic E-state index is -0.549. The van der Waals surface area contributed by atoms with E-state index in [4.69, 9.17) is 0 Å². The Morgan fingerprint density at radius 3 is 2.56 bits per heavy atom. The molecule has 4 nitrogen and oxygen atoms in total. The largest absolute Gasteiger partial charge is 0.389 e. The average Bonchev–Trinajstić information content (AvgIpc) is 2.64. The molecule has 0 radical (unpaired) electrons. The molecule has 0 spiro atoms. The number of aliphatic hydroxyl groups is 1. The lowest BCUT2D eigenvalue weighted by Crippen LogP contribution is -2.54. The van der Waals surface area contributed by atoms with Crippen molar-refractivity contribution < 1.29 is 5.11 Å². The van der Waals surface area contributed by atoms with Crippen LogP contribution in [0.2, 0.25) is 0 Å². The molecular formula is C21H31N3O. The fraction of sp³-hybridized carbons (Fsp3) is 0.667. The maximum atomic E-state index is 11.2. The van der Waals surface area contributed by atoms with E-state index in [1.54, 1.807) is 0 Å². The number of nitrogens with zero attached hydrogens (tertiary/aromatic N) is 3. The van der Waals surface area contributed by atoms with Gasteiger partial charge in [0.15, 0.2) is 0 Å². The minimum absolute atomic E-state index is 0.157. The summed E-state index contributed by atoms with van der Waals surface area (Å²) in [4.78, 5) is 4.62. The first kappa shape index (κ1) is 18.2. The van der Waals surface area contributed by atoms with E-state index in [0.717, 1.165) is 45.3 Å². The Balaban J connectivity index is 1.91. The quantitative estimate of drug-likeness (QED) is 0.829. The van der Waals surface area contributed by atoms with E-state index < -0.39 is 5.60 Å². The van der Waals surface area contributed by atoms with Crippen molar-refractivity contribution in [3.8, 4) is 6.07 Å². The van der Waals surface area contributed by atoms with Crippen LogP contribution in [0.4, 0.5) is 5.69 Å². The number of nitriles is 1. The van der Waals surface area contributed by atoms with Gasteiger partial charge in [-0.3, -0.25) is 4.90 Å². The highest BCUT2D eigenvalue weighted by molar-refractivity contribution is 5.48. The molecule has 25 heavy (non-hydrogen) atoms. The van der Waals surface area contributed by atoms with Gasteiger partial charge in [-0.15, -0.1) is 0 Å². The molecule has 1 saturated carbocycles. The highest BCUT2D eigenvalue weighted by atomic mass is 16.3. The lowest BCUT2D eigenvalue weighted by molar-refractivity contribution is -0.121. The van der Waals surface area contributed by atoms with Crippen LogP contribution in [-0.4, -0.2) is 41.8 Å². The molecule has 4 heteroatoms. The molecule has 1 aliphatic heterocycles. The highest BCUT2D eigenvalue weighted by Crippen LogP contribution is 2.49. The van der Waals surface area contributed by atoms with Crippen LogP contribution in [0.3, 0.4) is 0 Å². The molecule has 3 atom stereocenters. The summed E-state index contributed by atoms with van der Waals surface area (Å²) >= 11 is 0. The van der Waals surface area contributed by atoms with Crippen LogP contribution in [0.25, 0.3) is 0 Å².